The highest BCUT2D eigenvalue weighted by Gasteiger charge is 2.12. The van der Waals surface area contributed by atoms with E-state index in [2.05, 4.69) is 17.1 Å². The van der Waals surface area contributed by atoms with Crippen LogP contribution in [0, 0.1) is 5.92 Å². The standard InChI is InChI=1S/C14H24N2O/c1-13(11-16-6-3-2-4-7-16)9-15-10-14-5-8-17-12-14/h5,8,12-13,15H,2-4,6-7,9-11H2,1H3. The second kappa shape index (κ2) is 6.82. The normalized spacial score (nSPS) is 19.4. The molecule has 96 valence electrons. The Bertz CT molecular complexity index is 291. The van der Waals surface area contributed by atoms with Gasteiger partial charge in [0.15, 0.2) is 0 Å². The summed E-state index contributed by atoms with van der Waals surface area (Å²) < 4.78 is 5.05. The van der Waals surface area contributed by atoms with E-state index in [0.717, 1.165) is 19.0 Å². The summed E-state index contributed by atoms with van der Waals surface area (Å²) in [5, 5.41) is 3.49. The number of rotatable bonds is 6. The van der Waals surface area contributed by atoms with Crippen molar-refractivity contribution in [2.24, 2.45) is 5.92 Å². The minimum Gasteiger partial charge on any atom is -0.472 e. The van der Waals surface area contributed by atoms with Gasteiger partial charge in [0, 0.05) is 18.7 Å². The van der Waals surface area contributed by atoms with E-state index in [4.69, 9.17) is 4.42 Å². The molecule has 0 amide bonds. The lowest BCUT2D eigenvalue weighted by Crippen LogP contribution is -2.36. The minimum absolute atomic E-state index is 0.722. The van der Waals surface area contributed by atoms with Crippen molar-refractivity contribution in [3.05, 3.63) is 24.2 Å². The fourth-order valence-corrected chi connectivity index (χ4v) is 2.50. The summed E-state index contributed by atoms with van der Waals surface area (Å²) in [5.41, 5.74) is 1.23. The summed E-state index contributed by atoms with van der Waals surface area (Å²) in [5.74, 6) is 0.722. The molecule has 1 aromatic rings. The molecule has 1 aliphatic heterocycles. The van der Waals surface area contributed by atoms with Crippen molar-refractivity contribution < 1.29 is 4.42 Å². The summed E-state index contributed by atoms with van der Waals surface area (Å²) in [6.07, 6.45) is 7.73. The monoisotopic (exact) mass is 236 g/mol. The highest BCUT2D eigenvalue weighted by molar-refractivity contribution is 5.04. The number of hydrogen-bond acceptors (Lipinski definition) is 3. The molecule has 2 rings (SSSR count). The average molecular weight is 236 g/mol. The third kappa shape index (κ3) is 4.52. The van der Waals surface area contributed by atoms with Crippen molar-refractivity contribution in [1.29, 1.82) is 0 Å². The maximum Gasteiger partial charge on any atom is 0.0947 e. The Labute approximate surface area is 104 Å². The zero-order chi connectivity index (χ0) is 11.9. The number of nitrogens with zero attached hydrogens (tertiary/aromatic N) is 1. The largest absolute Gasteiger partial charge is 0.472 e. The first-order valence-corrected chi connectivity index (χ1v) is 6.79. The summed E-state index contributed by atoms with van der Waals surface area (Å²) in [6, 6.07) is 2.02. The molecule has 0 bridgehead atoms. The first-order valence-electron chi connectivity index (χ1n) is 6.79. The molecule has 1 aliphatic rings. The van der Waals surface area contributed by atoms with E-state index >= 15 is 0 Å². The van der Waals surface area contributed by atoms with Crippen molar-refractivity contribution in [3.8, 4) is 0 Å². The SMILES string of the molecule is CC(CNCc1ccoc1)CN1CCCCC1. The summed E-state index contributed by atoms with van der Waals surface area (Å²) in [7, 11) is 0. The van der Waals surface area contributed by atoms with Crippen LogP contribution in [0.3, 0.4) is 0 Å². The van der Waals surface area contributed by atoms with E-state index in [-0.39, 0.29) is 0 Å². The molecule has 17 heavy (non-hydrogen) atoms. The van der Waals surface area contributed by atoms with Gasteiger partial charge in [0.2, 0.25) is 0 Å². The second-order valence-electron chi connectivity index (χ2n) is 5.23. The van der Waals surface area contributed by atoms with Gasteiger partial charge >= 0.3 is 0 Å². The molecule has 1 atom stereocenters. The lowest BCUT2D eigenvalue weighted by molar-refractivity contribution is 0.199. The zero-order valence-electron chi connectivity index (χ0n) is 10.8. The van der Waals surface area contributed by atoms with Gasteiger partial charge in [-0.2, -0.15) is 0 Å². The van der Waals surface area contributed by atoms with Gasteiger partial charge in [0.05, 0.1) is 12.5 Å². The van der Waals surface area contributed by atoms with Gasteiger partial charge in [0.25, 0.3) is 0 Å². The number of likely N-dealkylation sites (tertiary alicyclic amines) is 1. The van der Waals surface area contributed by atoms with Crippen LogP contribution >= 0.6 is 0 Å². The Hall–Kier alpha value is -0.800. The lowest BCUT2D eigenvalue weighted by Gasteiger charge is -2.29. The van der Waals surface area contributed by atoms with Gasteiger partial charge in [-0.1, -0.05) is 13.3 Å². The van der Waals surface area contributed by atoms with E-state index in [9.17, 15) is 0 Å². The number of furan rings is 1. The van der Waals surface area contributed by atoms with E-state index < -0.39 is 0 Å². The number of nitrogens with one attached hydrogen (secondary N) is 1. The van der Waals surface area contributed by atoms with Gasteiger partial charge in [-0.05, 0) is 44.5 Å². The molecule has 0 aromatic carbocycles. The number of hydrogen-bond donors (Lipinski definition) is 1. The van der Waals surface area contributed by atoms with Crippen LogP contribution in [-0.4, -0.2) is 31.1 Å². The van der Waals surface area contributed by atoms with Crippen LogP contribution in [0.2, 0.25) is 0 Å². The van der Waals surface area contributed by atoms with Crippen LogP contribution in [0.5, 0.6) is 0 Å². The molecular weight excluding hydrogens is 212 g/mol. The average Bonchev–Trinajstić information content (AvgIpc) is 2.83. The van der Waals surface area contributed by atoms with E-state index in [1.165, 1.54) is 44.5 Å². The Morgan fingerprint density at radius 1 is 1.35 bits per heavy atom. The molecule has 2 heterocycles. The first kappa shape index (κ1) is 12.7. The molecule has 3 heteroatoms. The van der Waals surface area contributed by atoms with Crippen LogP contribution in [0.15, 0.2) is 23.0 Å². The Morgan fingerprint density at radius 2 is 2.18 bits per heavy atom. The third-order valence-corrected chi connectivity index (χ3v) is 3.42. The Balaban J connectivity index is 1.58. The maximum absolute atomic E-state index is 5.05. The van der Waals surface area contributed by atoms with Crippen LogP contribution in [0.1, 0.15) is 31.7 Å². The van der Waals surface area contributed by atoms with Gasteiger partial charge in [0.1, 0.15) is 0 Å². The fourth-order valence-electron chi connectivity index (χ4n) is 2.50. The second-order valence-corrected chi connectivity index (χ2v) is 5.23. The van der Waals surface area contributed by atoms with Crippen molar-refractivity contribution in [3.63, 3.8) is 0 Å². The molecule has 3 nitrogen and oxygen atoms in total. The predicted molar refractivity (Wildman–Crippen MR) is 69.9 cm³/mol. The molecule has 0 aliphatic carbocycles. The molecule has 1 unspecified atom stereocenters. The van der Waals surface area contributed by atoms with Crippen LogP contribution in [0.25, 0.3) is 0 Å². The van der Waals surface area contributed by atoms with E-state index in [1.54, 1.807) is 6.26 Å². The van der Waals surface area contributed by atoms with Gasteiger partial charge < -0.3 is 14.6 Å². The molecule has 0 radical (unpaired) electrons. The molecule has 1 saturated heterocycles. The van der Waals surface area contributed by atoms with Crippen molar-refractivity contribution in [2.75, 3.05) is 26.2 Å². The highest BCUT2D eigenvalue weighted by atomic mass is 16.3. The minimum atomic E-state index is 0.722. The topological polar surface area (TPSA) is 28.4 Å². The van der Waals surface area contributed by atoms with Crippen molar-refractivity contribution in [2.45, 2.75) is 32.7 Å². The predicted octanol–water partition coefficient (Wildman–Crippen LogP) is 2.49. The molecule has 1 fully saturated rings. The lowest BCUT2D eigenvalue weighted by atomic mass is 10.1. The first-order chi connectivity index (χ1) is 8.34. The van der Waals surface area contributed by atoms with Crippen molar-refractivity contribution in [1.82, 2.24) is 10.2 Å². The summed E-state index contributed by atoms with van der Waals surface area (Å²) >= 11 is 0. The number of piperidine rings is 1. The van der Waals surface area contributed by atoms with Crippen molar-refractivity contribution >= 4 is 0 Å². The molecule has 1 aromatic heterocycles. The van der Waals surface area contributed by atoms with Gasteiger partial charge in [-0.3, -0.25) is 0 Å². The molecular formula is C14H24N2O. The highest BCUT2D eigenvalue weighted by Crippen LogP contribution is 2.10. The molecule has 1 N–H and O–H groups in total. The van der Waals surface area contributed by atoms with Gasteiger partial charge in [-0.15, -0.1) is 0 Å². The van der Waals surface area contributed by atoms with Crippen LogP contribution < -0.4 is 5.32 Å². The summed E-state index contributed by atoms with van der Waals surface area (Å²) in [4.78, 5) is 2.60. The Kier molecular flexibility index (Phi) is 5.08. The van der Waals surface area contributed by atoms with Crippen LogP contribution in [-0.2, 0) is 6.54 Å². The molecule has 0 saturated carbocycles. The maximum atomic E-state index is 5.05. The fraction of sp³-hybridized carbons (Fsp3) is 0.714. The van der Waals surface area contributed by atoms with Gasteiger partial charge in [-0.25, -0.2) is 0 Å². The zero-order valence-corrected chi connectivity index (χ0v) is 10.8. The smallest absolute Gasteiger partial charge is 0.0947 e. The Morgan fingerprint density at radius 3 is 2.88 bits per heavy atom. The van der Waals surface area contributed by atoms with E-state index in [0.29, 0.717) is 0 Å². The third-order valence-electron chi connectivity index (χ3n) is 3.42. The summed E-state index contributed by atoms with van der Waals surface area (Å²) in [6.45, 7) is 8.16. The quantitative estimate of drug-likeness (QED) is 0.822. The molecule has 0 spiro atoms. The van der Waals surface area contributed by atoms with E-state index in [1.807, 2.05) is 12.3 Å². The van der Waals surface area contributed by atoms with Crippen LogP contribution in [0.4, 0.5) is 0 Å².